The molecule has 124 valence electrons. The van der Waals surface area contributed by atoms with Gasteiger partial charge in [-0.25, -0.2) is 18.1 Å². The normalized spacial score (nSPS) is 11.6. The van der Waals surface area contributed by atoms with Crippen molar-refractivity contribution in [3.05, 3.63) is 70.7 Å². The number of aryl methyl sites for hydroxylation is 2. The summed E-state index contributed by atoms with van der Waals surface area (Å²) in [7, 11) is -3.52. The summed E-state index contributed by atoms with van der Waals surface area (Å²) in [5.74, 6) is 0. The van der Waals surface area contributed by atoms with Gasteiger partial charge in [0.2, 0.25) is 10.0 Å². The van der Waals surface area contributed by atoms with E-state index in [0.717, 1.165) is 26.7 Å². The van der Waals surface area contributed by atoms with Crippen LogP contribution in [0.15, 0.2) is 59.5 Å². The maximum atomic E-state index is 12.4. The monoisotopic (exact) mass is 358 g/mol. The number of hydrogen-bond donors (Lipinski definition) is 1. The summed E-state index contributed by atoms with van der Waals surface area (Å²) >= 11 is 1.51. The summed E-state index contributed by atoms with van der Waals surface area (Å²) in [6.45, 7) is 4.02. The number of nitrogens with zero attached hydrogens (tertiary/aromatic N) is 1. The largest absolute Gasteiger partial charge is 0.241 e. The van der Waals surface area contributed by atoms with Gasteiger partial charge < -0.3 is 0 Å². The van der Waals surface area contributed by atoms with Crippen molar-refractivity contribution >= 4 is 21.4 Å². The number of hydrogen-bond acceptors (Lipinski definition) is 4. The topological polar surface area (TPSA) is 59.1 Å². The first kappa shape index (κ1) is 16.8. The zero-order valence-corrected chi connectivity index (χ0v) is 15.1. The van der Waals surface area contributed by atoms with E-state index in [0.29, 0.717) is 0 Å². The zero-order valence-electron chi connectivity index (χ0n) is 13.5. The second-order valence-corrected chi connectivity index (χ2v) is 8.39. The fourth-order valence-electron chi connectivity index (χ4n) is 2.32. The Labute approximate surface area is 146 Å². The number of nitrogens with one attached hydrogen (secondary N) is 1. The standard InChI is InChI=1S/C18H18N2O2S2/c1-13-7-6-10-16(11-13)24(21,22)19-12-17-14(2)20-18(23-17)15-8-4-3-5-9-15/h3-11,19H,12H2,1-2H3. The highest BCUT2D eigenvalue weighted by atomic mass is 32.2. The van der Waals surface area contributed by atoms with Gasteiger partial charge >= 0.3 is 0 Å². The van der Waals surface area contributed by atoms with Crippen molar-refractivity contribution < 1.29 is 8.42 Å². The van der Waals surface area contributed by atoms with Crippen LogP contribution in [0, 0.1) is 13.8 Å². The Morgan fingerprint density at radius 1 is 1.04 bits per heavy atom. The summed E-state index contributed by atoms with van der Waals surface area (Å²) in [6.07, 6.45) is 0. The third kappa shape index (κ3) is 3.72. The zero-order chi connectivity index (χ0) is 17.2. The van der Waals surface area contributed by atoms with Crippen LogP contribution in [0.5, 0.6) is 0 Å². The lowest BCUT2D eigenvalue weighted by atomic mass is 10.2. The van der Waals surface area contributed by atoms with E-state index in [4.69, 9.17) is 0 Å². The van der Waals surface area contributed by atoms with Crippen molar-refractivity contribution in [3.8, 4) is 10.6 Å². The molecule has 2 aromatic carbocycles. The SMILES string of the molecule is Cc1cccc(S(=O)(=O)NCc2sc(-c3ccccc3)nc2C)c1. The summed E-state index contributed by atoms with van der Waals surface area (Å²) < 4.78 is 27.5. The van der Waals surface area contributed by atoms with Gasteiger partial charge in [0, 0.05) is 17.0 Å². The van der Waals surface area contributed by atoms with E-state index in [1.807, 2.05) is 50.2 Å². The maximum absolute atomic E-state index is 12.4. The quantitative estimate of drug-likeness (QED) is 0.752. The third-order valence-electron chi connectivity index (χ3n) is 3.64. The van der Waals surface area contributed by atoms with Gasteiger partial charge in [-0.05, 0) is 31.5 Å². The lowest BCUT2D eigenvalue weighted by Gasteiger charge is -2.06. The second-order valence-electron chi connectivity index (χ2n) is 5.53. The van der Waals surface area contributed by atoms with Crippen LogP contribution in [0.4, 0.5) is 0 Å². The molecule has 0 fully saturated rings. The van der Waals surface area contributed by atoms with Crippen LogP contribution in [0.25, 0.3) is 10.6 Å². The molecule has 6 heteroatoms. The molecule has 0 saturated carbocycles. The summed E-state index contributed by atoms with van der Waals surface area (Å²) in [4.78, 5) is 5.76. The molecule has 0 aliphatic heterocycles. The molecule has 0 spiro atoms. The fraction of sp³-hybridized carbons (Fsp3) is 0.167. The molecule has 0 aliphatic rings. The number of sulfonamides is 1. The molecule has 24 heavy (non-hydrogen) atoms. The molecule has 0 radical (unpaired) electrons. The van der Waals surface area contributed by atoms with Crippen molar-refractivity contribution in [2.24, 2.45) is 0 Å². The van der Waals surface area contributed by atoms with E-state index in [-0.39, 0.29) is 11.4 Å². The van der Waals surface area contributed by atoms with E-state index in [1.54, 1.807) is 18.2 Å². The minimum Gasteiger partial charge on any atom is -0.241 e. The van der Waals surface area contributed by atoms with Crippen molar-refractivity contribution in [1.29, 1.82) is 0 Å². The smallest absolute Gasteiger partial charge is 0.240 e. The predicted molar refractivity (Wildman–Crippen MR) is 97.5 cm³/mol. The van der Waals surface area contributed by atoms with Gasteiger partial charge in [-0.1, -0.05) is 42.5 Å². The van der Waals surface area contributed by atoms with E-state index in [9.17, 15) is 8.42 Å². The Hall–Kier alpha value is -2.02. The predicted octanol–water partition coefficient (Wildman–Crippen LogP) is 3.91. The van der Waals surface area contributed by atoms with Crippen LogP contribution < -0.4 is 4.72 Å². The van der Waals surface area contributed by atoms with Gasteiger partial charge in [-0.2, -0.15) is 0 Å². The molecule has 1 aromatic heterocycles. The fourth-order valence-corrected chi connectivity index (χ4v) is 4.52. The molecule has 1 N–H and O–H groups in total. The average molecular weight is 358 g/mol. The third-order valence-corrected chi connectivity index (χ3v) is 6.24. The van der Waals surface area contributed by atoms with Crippen molar-refractivity contribution in [3.63, 3.8) is 0 Å². The Morgan fingerprint density at radius 2 is 1.79 bits per heavy atom. The second kappa shape index (κ2) is 6.84. The van der Waals surface area contributed by atoms with Gasteiger partial charge in [0.25, 0.3) is 0 Å². The van der Waals surface area contributed by atoms with Crippen LogP contribution in [0.2, 0.25) is 0 Å². The highest BCUT2D eigenvalue weighted by Gasteiger charge is 2.16. The van der Waals surface area contributed by atoms with E-state index < -0.39 is 10.0 Å². The number of rotatable bonds is 5. The Kier molecular flexibility index (Phi) is 4.80. The molecular formula is C18H18N2O2S2. The Morgan fingerprint density at radius 3 is 2.50 bits per heavy atom. The first-order chi connectivity index (χ1) is 11.5. The summed E-state index contributed by atoms with van der Waals surface area (Å²) in [5.41, 5.74) is 2.81. The van der Waals surface area contributed by atoms with Gasteiger partial charge in [0.15, 0.2) is 0 Å². The Bertz CT molecular complexity index is 948. The molecule has 3 aromatic rings. The highest BCUT2D eigenvalue weighted by Crippen LogP contribution is 2.27. The lowest BCUT2D eigenvalue weighted by molar-refractivity contribution is 0.581. The Balaban J connectivity index is 1.79. The molecule has 4 nitrogen and oxygen atoms in total. The summed E-state index contributed by atoms with van der Waals surface area (Å²) in [6, 6.07) is 16.8. The number of benzene rings is 2. The van der Waals surface area contributed by atoms with Gasteiger partial charge in [0.05, 0.1) is 10.6 Å². The van der Waals surface area contributed by atoms with E-state index in [1.165, 1.54) is 11.3 Å². The first-order valence-corrected chi connectivity index (χ1v) is 9.84. The molecule has 0 amide bonds. The van der Waals surface area contributed by atoms with Crippen molar-refractivity contribution in [2.45, 2.75) is 25.3 Å². The van der Waals surface area contributed by atoms with Crippen molar-refractivity contribution in [1.82, 2.24) is 9.71 Å². The molecular weight excluding hydrogens is 340 g/mol. The number of thiazole rings is 1. The van der Waals surface area contributed by atoms with Crippen LogP contribution in [0.3, 0.4) is 0 Å². The van der Waals surface area contributed by atoms with Gasteiger partial charge in [-0.3, -0.25) is 0 Å². The molecule has 3 rings (SSSR count). The van der Waals surface area contributed by atoms with Crippen molar-refractivity contribution in [2.75, 3.05) is 0 Å². The maximum Gasteiger partial charge on any atom is 0.240 e. The first-order valence-electron chi connectivity index (χ1n) is 7.54. The van der Waals surface area contributed by atoms with Crippen LogP contribution in [-0.2, 0) is 16.6 Å². The van der Waals surface area contributed by atoms with Crippen LogP contribution in [-0.4, -0.2) is 13.4 Å². The molecule has 0 unspecified atom stereocenters. The van der Waals surface area contributed by atoms with Crippen LogP contribution >= 0.6 is 11.3 Å². The molecule has 0 saturated heterocycles. The molecule has 0 bridgehead atoms. The summed E-state index contributed by atoms with van der Waals surface area (Å²) in [5, 5.41) is 0.901. The molecule has 0 atom stereocenters. The number of aromatic nitrogens is 1. The minimum atomic E-state index is -3.52. The van der Waals surface area contributed by atoms with E-state index >= 15 is 0 Å². The molecule has 1 heterocycles. The highest BCUT2D eigenvalue weighted by molar-refractivity contribution is 7.89. The molecule has 0 aliphatic carbocycles. The van der Waals surface area contributed by atoms with Crippen LogP contribution in [0.1, 0.15) is 16.1 Å². The van der Waals surface area contributed by atoms with Gasteiger partial charge in [0.1, 0.15) is 5.01 Å². The minimum absolute atomic E-state index is 0.243. The van der Waals surface area contributed by atoms with Gasteiger partial charge in [-0.15, -0.1) is 11.3 Å². The average Bonchev–Trinajstić information content (AvgIpc) is 2.95. The lowest BCUT2D eigenvalue weighted by Crippen LogP contribution is -2.23. The van der Waals surface area contributed by atoms with E-state index in [2.05, 4.69) is 9.71 Å².